The molecule has 1 aliphatic rings. The van der Waals surface area contributed by atoms with Gasteiger partial charge in [-0.25, -0.2) is 0 Å². The van der Waals surface area contributed by atoms with Crippen LogP contribution in [-0.4, -0.2) is 44.4 Å². The quantitative estimate of drug-likeness (QED) is 0.553. The van der Waals surface area contributed by atoms with Crippen LogP contribution in [0.1, 0.15) is 40.0 Å². The molecule has 1 saturated heterocycles. The Kier molecular flexibility index (Phi) is 9.09. The summed E-state index contributed by atoms with van der Waals surface area (Å²) < 4.78 is 20.3. The second-order valence-electron chi connectivity index (χ2n) is 4.78. The van der Waals surface area contributed by atoms with Gasteiger partial charge in [-0.1, -0.05) is 6.92 Å². The van der Waals surface area contributed by atoms with Crippen LogP contribution in [0.15, 0.2) is 0 Å². The van der Waals surface area contributed by atoms with Gasteiger partial charge in [-0.05, 0) is 20.3 Å². The van der Waals surface area contributed by atoms with Gasteiger partial charge in [0.1, 0.15) is 0 Å². The molecule has 110 valence electrons. The molecule has 1 fully saturated rings. The normalized spacial score (nSPS) is 18.3. The number of phosphoric acid groups is 1. The zero-order valence-electron chi connectivity index (χ0n) is 12.2. The Balaban J connectivity index is 0.000000321. The third kappa shape index (κ3) is 8.22. The van der Waals surface area contributed by atoms with Crippen LogP contribution in [0.3, 0.4) is 0 Å². The van der Waals surface area contributed by atoms with Crippen LogP contribution in [0.5, 0.6) is 0 Å². The molecule has 1 heterocycles. The van der Waals surface area contributed by atoms with Crippen LogP contribution >= 0.6 is 7.82 Å². The molecule has 0 aliphatic carbocycles. The molecule has 0 bridgehead atoms. The van der Waals surface area contributed by atoms with Crippen molar-refractivity contribution in [3.8, 4) is 0 Å². The molecule has 0 aromatic heterocycles. The Hall–Kier alpha value is 0.0700. The highest BCUT2D eigenvalue weighted by Gasteiger charge is 2.24. The van der Waals surface area contributed by atoms with Crippen LogP contribution < -0.4 is 4.89 Å². The average Bonchev–Trinajstić information content (AvgIpc) is 2.66. The highest BCUT2D eigenvalue weighted by molar-refractivity contribution is 7.45. The van der Waals surface area contributed by atoms with Crippen molar-refractivity contribution < 1.29 is 23.0 Å². The van der Waals surface area contributed by atoms with Crippen molar-refractivity contribution in [1.29, 1.82) is 0 Å². The van der Waals surface area contributed by atoms with E-state index in [1.807, 2.05) is 0 Å². The molecule has 1 aliphatic heterocycles. The standard InChI is InChI=1S/C8H18N.C4H11O4P/c1-3-6-9(2)7-4-5-8-9;1-3-7-9(5,6)8-4-2/h3-8H2,1-2H3;3-4H2,1-2H3,(H,5,6)/q+1;/p-1. The number of likely N-dealkylation sites (tertiary alicyclic amines) is 1. The number of nitrogens with zero attached hydrogens (tertiary/aromatic N) is 1. The molecule has 1 rings (SSSR count). The Bertz CT molecular complexity index is 244. The van der Waals surface area contributed by atoms with Crippen LogP contribution in [0.2, 0.25) is 0 Å². The minimum Gasteiger partial charge on any atom is -0.756 e. The summed E-state index contributed by atoms with van der Waals surface area (Å²) in [5, 5.41) is 0. The summed E-state index contributed by atoms with van der Waals surface area (Å²) in [6.45, 7) is 9.94. The molecule has 6 heteroatoms. The van der Waals surface area contributed by atoms with E-state index >= 15 is 0 Å². The van der Waals surface area contributed by atoms with E-state index in [-0.39, 0.29) is 13.2 Å². The fourth-order valence-electron chi connectivity index (χ4n) is 2.22. The molecular weight excluding hydrogens is 253 g/mol. The van der Waals surface area contributed by atoms with Gasteiger partial charge in [0.25, 0.3) is 7.82 Å². The lowest BCUT2D eigenvalue weighted by Gasteiger charge is -2.28. The topological polar surface area (TPSA) is 58.6 Å². The molecule has 5 nitrogen and oxygen atoms in total. The van der Waals surface area contributed by atoms with Crippen molar-refractivity contribution in [2.45, 2.75) is 40.0 Å². The van der Waals surface area contributed by atoms with E-state index in [4.69, 9.17) is 0 Å². The lowest BCUT2D eigenvalue weighted by atomic mass is 10.4. The predicted octanol–water partition coefficient (Wildman–Crippen LogP) is 2.16. The maximum Gasteiger partial charge on any atom is 0.267 e. The number of phosphoric ester groups is 1. The van der Waals surface area contributed by atoms with Gasteiger partial charge in [0.2, 0.25) is 0 Å². The van der Waals surface area contributed by atoms with E-state index in [0.717, 1.165) is 0 Å². The van der Waals surface area contributed by atoms with Crippen LogP contribution in [0.25, 0.3) is 0 Å². The molecule has 0 aromatic carbocycles. The van der Waals surface area contributed by atoms with E-state index in [2.05, 4.69) is 23.0 Å². The smallest absolute Gasteiger partial charge is 0.267 e. The summed E-state index contributed by atoms with van der Waals surface area (Å²) >= 11 is 0. The summed E-state index contributed by atoms with van der Waals surface area (Å²) in [5.41, 5.74) is 0. The summed E-state index contributed by atoms with van der Waals surface area (Å²) in [6, 6.07) is 0. The average molecular weight is 281 g/mol. The Labute approximate surface area is 111 Å². The van der Waals surface area contributed by atoms with E-state index in [0.29, 0.717) is 0 Å². The maximum absolute atomic E-state index is 10.4. The van der Waals surface area contributed by atoms with Crippen molar-refractivity contribution in [2.24, 2.45) is 0 Å². The fraction of sp³-hybridized carbons (Fsp3) is 1.00. The first kappa shape index (κ1) is 18.1. The van der Waals surface area contributed by atoms with Crippen molar-refractivity contribution in [3.05, 3.63) is 0 Å². The minimum atomic E-state index is -3.94. The first-order valence-electron chi connectivity index (χ1n) is 6.82. The van der Waals surface area contributed by atoms with E-state index in [1.54, 1.807) is 13.8 Å². The van der Waals surface area contributed by atoms with Crippen molar-refractivity contribution in [3.63, 3.8) is 0 Å². The highest BCUT2D eigenvalue weighted by Crippen LogP contribution is 2.37. The molecule has 0 radical (unpaired) electrons. The SMILES string of the molecule is CCC[N+]1(C)CCCC1.CCOP(=O)([O-])OCC. The van der Waals surface area contributed by atoms with Gasteiger partial charge in [0.15, 0.2) is 0 Å². The van der Waals surface area contributed by atoms with Gasteiger partial charge >= 0.3 is 0 Å². The van der Waals surface area contributed by atoms with E-state index in [9.17, 15) is 9.46 Å². The third-order valence-electron chi connectivity index (χ3n) is 2.98. The zero-order chi connectivity index (χ0) is 14.1. The largest absolute Gasteiger partial charge is 0.756 e. The van der Waals surface area contributed by atoms with Gasteiger partial charge in [0, 0.05) is 12.8 Å². The van der Waals surface area contributed by atoms with Crippen molar-refractivity contribution in [1.82, 2.24) is 0 Å². The Morgan fingerprint density at radius 2 is 1.56 bits per heavy atom. The van der Waals surface area contributed by atoms with Crippen molar-refractivity contribution >= 4 is 7.82 Å². The van der Waals surface area contributed by atoms with Gasteiger partial charge in [-0.2, -0.15) is 0 Å². The number of rotatable bonds is 6. The van der Waals surface area contributed by atoms with Gasteiger partial charge < -0.3 is 18.4 Å². The second-order valence-corrected chi connectivity index (χ2v) is 6.19. The number of hydrogen-bond donors (Lipinski definition) is 0. The fourth-order valence-corrected chi connectivity index (χ4v) is 2.92. The summed E-state index contributed by atoms with van der Waals surface area (Å²) in [6.07, 6.45) is 4.25. The number of hydrogen-bond acceptors (Lipinski definition) is 4. The summed E-state index contributed by atoms with van der Waals surface area (Å²) in [4.78, 5) is 10.4. The molecule has 0 unspecified atom stereocenters. The molecule has 0 N–H and O–H groups in total. The monoisotopic (exact) mass is 281 g/mol. The lowest BCUT2D eigenvalue weighted by molar-refractivity contribution is -0.897. The summed E-state index contributed by atoms with van der Waals surface area (Å²) in [7, 11) is -1.56. The van der Waals surface area contributed by atoms with Crippen LogP contribution in [-0.2, 0) is 13.6 Å². The minimum absolute atomic E-state index is 0.126. The van der Waals surface area contributed by atoms with Gasteiger partial charge in [-0.3, -0.25) is 4.57 Å². The zero-order valence-corrected chi connectivity index (χ0v) is 13.1. The molecule has 0 saturated carbocycles. The molecular formula is C12H28NO4P. The Morgan fingerprint density at radius 1 is 1.11 bits per heavy atom. The third-order valence-corrected chi connectivity index (χ3v) is 4.13. The molecule has 0 spiro atoms. The summed E-state index contributed by atoms with van der Waals surface area (Å²) in [5.74, 6) is 0. The molecule has 0 atom stereocenters. The number of quaternary nitrogens is 1. The first-order chi connectivity index (χ1) is 8.39. The van der Waals surface area contributed by atoms with Gasteiger partial charge in [0.05, 0.1) is 39.9 Å². The van der Waals surface area contributed by atoms with Crippen molar-refractivity contribution in [2.75, 3.05) is 39.9 Å². The first-order valence-corrected chi connectivity index (χ1v) is 8.29. The highest BCUT2D eigenvalue weighted by atomic mass is 31.2. The molecule has 18 heavy (non-hydrogen) atoms. The van der Waals surface area contributed by atoms with E-state index in [1.165, 1.54) is 43.4 Å². The van der Waals surface area contributed by atoms with Crippen LogP contribution in [0, 0.1) is 0 Å². The molecule has 0 amide bonds. The maximum atomic E-state index is 10.4. The van der Waals surface area contributed by atoms with Gasteiger partial charge in [-0.15, -0.1) is 0 Å². The second kappa shape index (κ2) is 9.05. The van der Waals surface area contributed by atoms with E-state index < -0.39 is 7.82 Å². The Morgan fingerprint density at radius 3 is 1.89 bits per heavy atom. The lowest BCUT2D eigenvalue weighted by Crippen LogP contribution is -2.41. The van der Waals surface area contributed by atoms with Crippen LogP contribution in [0.4, 0.5) is 0 Å². The predicted molar refractivity (Wildman–Crippen MR) is 71.2 cm³/mol. The molecule has 0 aromatic rings.